The highest BCUT2D eigenvalue weighted by molar-refractivity contribution is 6.31. The summed E-state index contributed by atoms with van der Waals surface area (Å²) in [6.45, 7) is 0.148. The molecular formula is C19H14ClF5N4. The van der Waals surface area contributed by atoms with Gasteiger partial charge in [0, 0.05) is 24.2 Å². The largest absolute Gasteiger partial charge is 0.417 e. The van der Waals surface area contributed by atoms with Gasteiger partial charge in [-0.1, -0.05) is 23.7 Å². The summed E-state index contributed by atoms with van der Waals surface area (Å²) in [7, 11) is 0. The highest BCUT2D eigenvalue weighted by atomic mass is 35.5. The number of rotatable bonds is 5. The lowest BCUT2D eigenvalue weighted by atomic mass is 10.1. The van der Waals surface area contributed by atoms with Crippen molar-refractivity contribution in [3.8, 4) is 11.3 Å². The van der Waals surface area contributed by atoms with Gasteiger partial charge < -0.3 is 11.1 Å². The second kappa shape index (κ2) is 8.30. The summed E-state index contributed by atoms with van der Waals surface area (Å²) in [5.74, 6) is -1.62. The van der Waals surface area contributed by atoms with Crippen LogP contribution in [-0.4, -0.2) is 16.5 Å². The topological polar surface area (TPSA) is 63.8 Å². The van der Waals surface area contributed by atoms with E-state index in [0.717, 1.165) is 18.2 Å². The minimum atomic E-state index is -4.55. The zero-order valence-electron chi connectivity index (χ0n) is 14.6. The number of alkyl halides is 3. The molecule has 0 radical (unpaired) electrons. The van der Waals surface area contributed by atoms with Gasteiger partial charge in [0.25, 0.3) is 0 Å². The van der Waals surface area contributed by atoms with Gasteiger partial charge in [0.05, 0.1) is 16.3 Å². The second-order valence-corrected chi connectivity index (χ2v) is 6.55. The van der Waals surface area contributed by atoms with E-state index < -0.39 is 34.4 Å². The van der Waals surface area contributed by atoms with Gasteiger partial charge in [0.15, 0.2) is 11.6 Å². The van der Waals surface area contributed by atoms with Gasteiger partial charge in [0.1, 0.15) is 12.1 Å². The first kappa shape index (κ1) is 20.9. The van der Waals surface area contributed by atoms with E-state index in [4.69, 9.17) is 17.3 Å². The van der Waals surface area contributed by atoms with Gasteiger partial charge in [-0.2, -0.15) is 13.2 Å². The van der Waals surface area contributed by atoms with E-state index >= 15 is 0 Å². The van der Waals surface area contributed by atoms with Gasteiger partial charge in [-0.3, -0.25) is 0 Å². The lowest BCUT2D eigenvalue weighted by Crippen LogP contribution is -2.21. The van der Waals surface area contributed by atoms with E-state index in [1.807, 2.05) is 0 Å². The summed E-state index contributed by atoms with van der Waals surface area (Å²) in [5, 5.41) is 2.49. The molecule has 0 aliphatic rings. The lowest BCUT2D eigenvalue weighted by molar-refractivity contribution is -0.137. The van der Waals surface area contributed by atoms with Crippen molar-refractivity contribution in [3.63, 3.8) is 0 Å². The first-order chi connectivity index (χ1) is 13.6. The Morgan fingerprint density at radius 1 is 1.00 bits per heavy atom. The van der Waals surface area contributed by atoms with E-state index in [1.54, 1.807) is 0 Å². The van der Waals surface area contributed by atoms with Crippen LogP contribution in [0.3, 0.4) is 0 Å². The number of hydrogen-bond acceptors (Lipinski definition) is 4. The number of nitrogens with zero attached hydrogens (tertiary/aromatic N) is 2. The number of nitrogens with one attached hydrogen (secondary N) is 1. The van der Waals surface area contributed by atoms with Crippen LogP contribution in [0.25, 0.3) is 11.3 Å². The molecule has 4 nitrogen and oxygen atoms in total. The maximum atomic E-state index is 13.3. The molecule has 1 heterocycles. The molecule has 0 fully saturated rings. The van der Waals surface area contributed by atoms with Crippen molar-refractivity contribution < 1.29 is 22.0 Å². The molecule has 3 rings (SSSR count). The molecule has 0 aliphatic heterocycles. The Labute approximate surface area is 167 Å². The normalized spacial score (nSPS) is 12.7. The Balaban J connectivity index is 1.74. The Kier molecular flexibility index (Phi) is 5.99. The van der Waals surface area contributed by atoms with Crippen LogP contribution < -0.4 is 11.1 Å². The number of aromatic nitrogens is 2. The highest BCUT2D eigenvalue weighted by Gasteiger charge is 2.33. The van der Waals surface area contributed by atoms with E-state index in [1.165, 1.54) is 30.6 Å². The van der Waals surface area contributed by atoms with Crippen molar-refractivity contribution >= 4 is 17.4 Å². The minimum absolute atomic E-state index is 0.148. The summed E-state index contributed by atoms with van der Waals surface area (Å²) >= 11 is 5.75. The monoisotopic (exact) mass is 428 g/mol. The third kappa shape index (κ3) is 4.99. The molecule has 0 saturated carbocycles. The van der Waals surface area contributed by atoms with E-state index in [0.29, 0.717) is 22.6 Å². The number of benzene rings is 2. The molecule has 0 saturated heterocycles. The van der Waals surface area contributed by atoms with Gasteiger partial charge in [0.2, 0.25) is 0 Å². The third-order valence-corrected chi connectivity index (χ3v) is 4.42. The quantitative estimate of drug-likeness (QED) is 0.548. The van der Waals surface area contributed by atoms with Crippen molar-refractivity contribution in [2.75, 3.05) is 11.9 Å². The molecule has 2 aromatic carbocycles. The molecule has 1 aromatic heterocycles. The number of hydrogen-bond donors (Lipinski definition) is 2. The van der Waals surface area contributed by atoms with E-state index in [2.05, 4.69) is 15.3 Å². The molecule has 3 N–H and O–H groups in total. The summed E-state index contributed by atoms with van der Waals surface area (Å²) in [4.78, 5) is 8.05. The lowest BCUT2D eigenvalue weighted by Gasteiger charge is -2.14. The summed E-state index contributed by atoms with van der Waals surface area (Å²) in [6, 6.07) is 7.54. The number of nitrogens with two attached hydrogens (primary N) is 1. The Morgan fingerprint density at radius 2 is 1.76 bits per heavy atom. The molecule has 0 unspecified atom stereocenters. The van der Waals surface area contributed by atoms with Crippen LogP contribution in [0.4, 0.5) is 27.8 Å². The molecule has 3 aromatic rings. The zero-order valence-corrected chi connectivity index (χ0v) is 15.4. The number of halogens is 6. The fourth-order valence-corrected chi connectivity index (χ4v) is 2.88. The van der Waals surface area contributed by atoms with Gasteiger partial charge in [-0.15, -0.1) is 0 Å². The maximum absolute atomic E-state index is 13.3. The minimum Gasteiger partial charge on any atom is -0.368 e. The predicted molar refractivity (Wildman–Crippen MR) is 99.3 cm³/mol. The van der Waals surface area contributed by atoms with Gasteiger partial charge in [-0.25, -0.2) is 18.7 Å². The second-order valence-electron chi connectivity index (χ2n) is 6.14. The van der Waals surface area contributed by atoms with Gasteiger partial charge >= 0.3 is 6.18 Å². The summed E-state index contributed by atoms with van der Waals surface area (Å²) in [5.41, 5.74) is 6.14. The first-order valence-corrected chi connectivity index (χ1v) is 8.66. The standard InChI is InChI=1S/C19H14ClF5N4/c20-13-5-11(1-3-12(13)19(23,24)25)17-7-18(29-9-28-17)27-8-16(26)10-2-4-14(21)15(22)6-10/h1-7,9,16H,8,26H2,(H,27,28,29)/t16-/m0/s1. The molecule has 0 spiro atoms. The van der Waals surface area contributed by atoms with Crippen LogP contribution >= 0.6 is 11.6 Å². The van der Waals surface area contributed by atoms with Crippen molar-refractivity contribution in [1.29, 1.82) is 0 Å². The Hall–Kier alpha value is -2.78. The van der Waals surface area contributed by atoms with Crippen LogP contribution in [-0.2, 0) is 6.18 Å². The van der Waals surface area contributed by atoms with Crippen molar-refractivity contribution in [2.45, 2.75) is 12.2 Å². The average molecular weight is 429 g/mol. The van der Waals surface area contributed by atoms with Crippen molar-refractivity contribution in [2.24, 2.45) is 5.73 Å². The van der Waals surface area contributed by atoms with Crippen molar-refractivity contribution in [1.82, 2.24) is 9.97 Å². The molecule has 0 bridgehead atoms. The molecule has 152 valence electrons. The van der Waals surface area contributed by atoms with Crippen LogP contribution in [0.15, 0.2) is 48.8 Å². The Morgan fingerprint density at radius 3 is 2.41 bits per heavy atom. The summed E-state index contributed by atoms with van der Waals surface area (Å²) in [6.07, 6.45) is -3.32. The molecule has 10 heteroatoms. The van der Waals surface area contributed by atoms with E-state index in [9.17, 15) is 22.0 Å². The number of anilines is 1. The Bertz CT molecular complexity index is 1030. The zero-order chi connectivity index (χ0) is 21.2. The van der Waals surface area contributed by atoms with Crippen LogP contribution in [0.5, 0.6) is 0 Å². The molecular weight excluding hydrogens is 415 g/mol. The summed E-state index contributed by atoms with van der Waals surface area (Å²) < 4.78 is 64.8. The van der Waals surface area contributed by atoms with E-state index in [-0.39, 0.29) is 6.54 Å². The fourth-order valence-electron chi connectivity index (χ4n) is 2.59. The molecule has 0 aliphatic carbocycles. The average Bonchev–Trinajstić information content (AvgIpc) is 2.67. The SMILES string of the molecule is N[C@@H](CNc1cc(-c2ccc(C(F)(F)F)c(Cl)c2)ncn1)c1ccc(F)c(F)c1. The maximum Gasteiger partial charge on any atom is 0.417 e. The van der Waals surface area contributed by atoms with Crippen LogP contribution in [0.2, 0.25) is 5.02 Å². The van der Waals surface area contributed by atoms with Crippen LogP contribution in [0, 0.1) is 11.6 Å². The predicted octanol–water partition coefficient (Wildman–Crippen LogP) is 5.21. The van der Waals surface area contributed by atoms with Crippen molar-refractivity contribution in [3.05, 3.63) is 76.6 Å². The van der Waals surface area contributed by atoms with Gasteiger partial charge in [-0.05, 0) is 29.8 Å². The molecule has 1 atom stereocenters. The fraction of sp³-hybridized carbons (Fsp3) is 0.158. The smallest absolute Gasteiger partial charge is 0.368 e. The molecule has 0 amide bonds. The third-order valence-electron chi connectivity index (χ3n) is 4.11. The highest BCUT2D eigenvalue weighted by Crippen LogP contribution is 2.36. The molecule has 29 heavy (non-hydrogen) atoms. The van der Waals surface area contributed by atoms with Crippen LogP contribution in [0.1, 0.15) is 17.2 Å². The first-order valence-electron chi connectivity index (χ1n) is 8.28.